The maximum absolute atomic E-state index is 11.5. The van der Waals surface area contributed by atoms with Gasteiger partial charge in [-0.15, -0.1) is 0 Å². The molecule has 1 aromatic carbocycles. The maximum Gasteiger partial charge on any atom is 0.227 e. The molecule has 1 heterocycles. The summed E-state index contributed by atoms with van der Waals surface area (Å²) in [5, 5.41) is 0. The molecule has 1 aliphatic rings. The van der Waals surface area contributed by atoms with Crippen molar-refractivity contribution in [1.29, 1.82) is 0 Å². The monoisotopic (exact) mass is 281 g/mol. The number of carbonyl (C=O) groups excluding carboxylic acids is 2. The van der Waals surface area contributed by atoms with Gasteiger partial charge >= 0.3 is 0 Å². The molecule has 16 heavy (non-hydrogen) atoms. The molecule has 1 amide bonds. The SMILES string of the molecule is O=C(Br)Cc1ccc(N2CCCC2=O)cc1. The highest BCUT2D eigenvalue weighted by Gasteiger charge is 2.21. The van der Waals surface area contributed by atoms with E-state index in [9.17, 15) is 9.59 Å². The Morgan fingerprint density at radius 3 is 2.50 bits per heavy atom. The molecule has 0 atom stereocenters. The van der Waals surface area contributed by atoms with Crippen molar-refractivity contribution in [3.05, 3.63) is 29.8 Å². The quantitative estimate of drug-likeness (QED) is 0.798. The van der Waals surface area contributed by atoms with Crippen molar-refractivity contribution in [2.45, 2.75) is 19.3 Å². The lowest BCUT2D eigenvalue weighted by atomic mass is 10.1. The van der Waals surface area contributed by atoms with Gasteiger partial charge in [0.2, 0.25) is 10.6 Å². The Balaban J connectivity index is 2.12. The molecule has 4 heteroatoms. The Kier molecular flexibility index (Phi) is 3.39. The van der Waals surface area contributed by atoms with Crippen molar-refractivity contribution < 1.29 is 9.59 Å². The average Bonchev–Trinajstić information content (AvgIpc) is 2.65. The number of benzene rings is 1. The highest BCUT2D eigenvalue weighted by molar-refractivity contribution is 9.18. The summed E-state index contributed by atoms with van der Waals surface area (Å²) in [5.74, 6) is 0.185. The second kappa shape index (κ2) is 4.78. The molecule has 1 fully saturated rings. The minimum Gasteiger partial charge on any atom is -0.312 e. The number of rotatable bonds is 3. The minimum atomic E-state index is -0.0301. The van der Waals surface area contributed by atoms with E-state index in [2.05, 4.69) is 15.9 Å². The third-order valence-corrected chi connectivity index (χ3v) is 2.94. The molecule has 0 aromatic heterocycles. The van der Waals surface area contributed by atoms with Crippen LogP contribution in [0.4, 0.5) is 5.69 Å². The number of carbonyl (C=O) groups is 2. The van der Waals surface area contributed by atoms with Crippen molar-refractivity contribution in [1.82, 2.24) is 0 Å². The van der Waals surface area contributed by atoms with E-state index < -0.39 is 0 Å². The summed E-state index contributed by atoms with van der Waals surface area (Å²) in [4.78, 5) is 24.2. The van der Waals surface area contributed by atoms with Gasteiger partial charge in [-0.2, -0.15) is 0 Å². The van der Waals surface area contributed by atoms with Gasteiger partial charge in [0.15, 0.2) is 0 Å². The van der Waals surface area contributed by atoms with Crippen LogP contribution in [0.25, 0.3) is 0 Å². The first-order valence-corrected chi connectivity index (χ1v) is 6.04. The van der Waals surface area contributed by atoms with E-state index in [1.165, 1.54) is 0 Å². The summed E-state index contributed by atoms with van der Waals surface area (Å²) < 4.78 is -0.0301. The molecule has 0 aliphatic carbocycles. The molecule has 3 nitrogen and oxygen atoms in total. The Bertz CT molecular complexity index is 414. The molecule has 0 unspecified atom stereocenters. The Hall–Kier alpha value is -1.16. The summed E-state index contributed by atoms with van der Waals surface area (Å²) in [6.45, 7) is 0.801. The van der Waals surface area contributed by atoms with Crippen LogP contribution in [0.2, 0.25) is 0 Å². The number of halogens is 1. The molecule has 0 N–H and O–H groups in total. The van der Waals surface area contributed by atoms with Crippen molar-refractivity contribution >= 4 is 32.2 Å². The summed E-state index contributed by atoms with van der Waals surface area (Å²) in [5.41, 5.74) is 1.88. The number of anilines is 1. The highest BCUT2D eigenvalue weighted by atomic mass is 79.9. The van der Waals surface area contributed by atoms with Gasteiger partial charge in [0.05, 0.1) is 0 Å². The summed E-state index contributed by atoms with van der Waals surface area (Å²) >= 11 is 2.90. The van der Waals surface area contributed by atoms with E-state index >= 15 is 0 Å². The zero-order chi connectivity index (χ0) is 11.5. The lowest BCUT2D eigenvalue weighted by Crippen LogP contribution is -2.23. The second-order valence-corrected chi connectivity index (χ2v) is 4.73. The molecule has 0 bridgehead atoms. The van der Waals surface area contributed by atoms with Crippen LogP contribution in [-0.2, 0) is 16.0 Å². The van der Waals surface area contributed by atoms with E-state index in [1.54, 1.807) is 4.90 Å². The minimum absolute atomic E-state index is 0.0301. The molecule has 0 spiro atoms. The van der Waals surface area contributed by atoms with Gasteiger partial charge in [0.25, 0.3) is 0 Å². The van der Waals surface area contributed by atoms with Crippen LogP contribution in [0.15, 0.2) is 24.3 Å². The van der Waals surface area contributed by atoms with Crippen LogP contribution >= 0.6 is 15.9 Å². The fourth-order valence-corrected chi connectivity index (χ4v) is 2.20. The van der Waals surface area contributed by atoms with Gasteiger partial charge in [-0.05, 0) is 40.0 Å². The summed E-state index contributed by atoms with van der Waals surface area (Å²) in [6, 6.07) is 7.57. The number of hydrogen-bond donors (Lipinski definition) is 0. The third kappa shape index (κ3) is 2.50. The van der Waals surface area contributed by atoms with Crippen molar-refractivity contribution in [3.8, 4) is 0 Å². The first-order valence-electron chi connectivity index (χ1n) is 5.24. The molecule has 1 aromatic rings. The Labute approximate surface area is 103 Å². The third-order valence-electron chi connectivity index (χ3n) is 2.66. The van der Waals surface area contributed by atoms with Crippen molar-refractivity contribution in [2.24, 2.45) is 0 Å². The molecule has 0 radical (unpaired) electrons. The van der Waals surface area contributed by atoms with E-state index in [4.69, 9.17) is 0 Å². The van der Waals surface area contributed by atoms with Crippen LogP contribution in [0, 0.1) is 0 Å². The van der Waals surface area contributed by atoms with Crippen LogP contribution in [0.1, 0.15) is 18.4 Å². The van der Waals surface area contributed by atoms with Gasteiger partial charge in [-0.25, -0.2) is 0 Å². The van der Waals surface area contributed by atoms with Gasteiger partial charge in [-0.3, -0.25) is 9.59 Å². The van der Waals surface area contributed by atoms with Crippen LogP contribution in [0.5, 0.6) is 0 Å². The zero-order valence-electron chi connectivity index (χ0n) is 8.78. The molecule has 1 saturated heterocycles. The molecule has 0 saturated carbocycles. The van der Waals surface area contributed by atoms with Crippen molar-refractivity contribution in [2.75, 3.05) is 11.4 Å². The molecular weight excluding hydrogens is 270 g/mol. The predicted molar refractivity (Wildman–Crippen MR) is 65.7 cm³/mol. The van der Waals surface area contributed by atoms with Gasteiger partial charge in [0, 0.05) is 25.1 Å². The Morgan fingerprint density at radius 2 is 2.00 bits per heavy atom. The number of hydrogen-bond acceptors (Lipinski definition) is 2. The smallest absolute Gasteiger partial charge is 0.227 e. The average molecular weight is 282 g/mol. The topological polar surface area (TPSA) is 37.4 Å². The Morgan fingerprint density at radius 1 is 1.31 bits per heavy atom. The van der Waals surface area contributed by atoms with Crippen LogP contribution < -0.4 is 4.90 Å². The molecule has 84 valence electrons. The lowest BCUT2D eigenvalue weighted by molar-refractivity contribution is -0.117. The summed E-state index contributed by atoms with van der Waals surface area (Å²) in [7, 11) is 0. The zero-order valence-corrected chi connectivity index (χ0v) is 10.4. The maximum atomic E-state index is 11.5. The standard InChI is InChI=1S/C12H12BrNO2/c13-11(15)8-9-3-5-10(6-4-9)14-7-1-2-12(14)16/h3-6H,1-2,7-8H2. The van der Waals surface area contributed by atoms with Crippen LogP contribution in [-0.4, -0.2) is 17.1 Å². The second-order valence-electron chi connectivity index (χ2n) is 3.85. The first kappa shape index (κ1) is 11.3. The highest BCUT2D eigenvalue weighted by Crippen LogP contribution is 2.21. The van der Waals surface area contributed by atoms with Gasteiger partial charge in [-0.1, -0.05) is 12.1 Å². The molecule has 2 rings (SSSR count). The van der Waals surface area contributed by atoms with Crippen LogP contribution in [0.3, 0.4) is 0 Å². The largest absolute Gasteiger partial charge is 0.312 e. The van der Waals surface area contributed by atoms with E-state index in [0.717, 1.165) is 24.2 Å². The van der Waals surface area contributed by atoms with E-state index in [0.29, 0.717) is 12.8 Å². The van der Waals surface area contributed by atoms with Crippen molar-refractivity contribution in [3.63, 3.8) is 0 Å². The molecule has 1 aliphatic heterocycles. The van der Waals surface area contributed by atoms with Gasteiger partial charge in [0.1, 0.15) is 0 Å². The fourth-order valence-electron chi connectivity index (χ4n) is 1.88. The predicted octanol–water partition coefficient (Wildman–Crippen LogP) is 2.28. The van der Waals surface area contributed by atoms with E-state index in [1.807, 2.05) is 24.3 Å². The normalized spacial score (nSPS) is 15.6. The fraction of sp³-hybridized carbons (Fsp3) is 0.333. The first-order chi connectivity index (χ1) is 7.66. The summed E-state index contributed by atoms with van der Waals surface area (Å²) in [6.07, 6.45) is 1.95. The van der Waals surface area contributed by atoms with E-state index in [-0.39, 0.29) is 10.6 Å². The lowest BCUT2D eigenvalue weighted by Gasteiger charge is -2.15. The molecular formula is C12H12BrNO2. The number of nitrogens with zero attached hydrogens (tertiary/aromatic N) is 1. The van der Waals surface area contributed by atoms with Gasteiger partial charge < -0.3 is 4.90 Å². The number of amides is 1.